The van der Waals surface area contributed by atoms with Gasteiger partial charge in [0.05, 0.1) is 18.8 Å². The normalized spacial score (nSPS) is 11.6. The lowest BCUT2D eigenvalue weighted by Gasteiger charge is -2.03. The smallest absolute Gasteiger partial charge is 0.194 e. The molecule has 7 nitrogen and oxygen atoms in total. The van der Waals surface area contributed by atoms with Gasteiger partial charge in [0.1, 0.15) is 11.5 Å². The molecule has 0 bridgehead atoms. The fourth-order valence-electron chi connectivity index (χ4n) is 1.52. The molecule has 2 aromatic rings. The van der Waals surface area contributed by atoms with E-state index in [0.717, 1.165) is 17.9 Å². The van der Waals surface area contributed by atoms with Gasteiger partial charge in [-0.15, -0.1) is 0 Å². The van der Waals surface area contributed by atoms with Crippen molar-refractivity contribution in [2.45, 2.75) is 26.9 Å². The van der Waals surface area contributed by atoms with Crippen molar-refractivity contribution < 1.29 is 0 Å². The minimum Gasteiger partial charge on any atom is -0.370 e. The number of rotatable bonds is 4. The number of pyridine rings is 1. The summed E-state index contributed by atoms with van der Waals surface area (Å²) in [5.41, 5.74) is 7.48. The number of nitrogens with one attached hydrogen (secondary N) is 1. The lowest BCUT2D eigenvalue weighted by atomic mass is 10.3. The Balaban J connectivity index is 1.99. The van der Waals surface area contributed by atoms with Gasteiger partial charge in [0.2, 0.25) is 0 Å². The number of aryl methyl sites for hydroxylation is 2. The van der Waals surface area contributed by atoms with E-state index in [2.05, 4.69) is 25.5 Å². The summed E-state index contributed by atoms with van der Waals surface area (Å²) in [7, 11) is 0. The van der Waals surface area contributed by atoms with Crippen LogP contribution >= 0.6 is 0 Å². The van der Waals surface area contributed by atoms with E-state index in [-0.39, 0.29) is 0 Å². The second-order valence-electron chi connectivity index (χ2n) is 3.96. The van der Waals surface area contributed by atoms with E-state index < -0.39 is 0 Å². The van der Waals surface area contributed by atoms with E-state index in [4.69, 9.17) is 5.73 Å². The highest BCUT2D eigenvalue weighted by molar-refractivity contribution is 5.91. The minimum absolute atomic E-state index is 0.309. The highest BCUT2D eigenvalue weighted by atomic mass is 15.5. The van der Waals surface area contributed by atoms with E-state index in [1.807, 2.05) is 32.0 Å². The quantitative estimate of drug-likeness (QED) is 0.629. The molecule has 0 aromatic carbocycles. The molecule has 0 amide bonds. The van der Waals surface area contributed by atoms with Crippen LogP contribution in [0.15, 0.2) is 29.4 Å². The highest BCUT2D eigenvalue weighted by Gasteiger charge is 2.05. The van der Waals surface area contributed by atoms with Crippen LogP contribution in [0.2, 0.25) is 0 Å². The monoisotopic (exact) mass is 259 g/mol. The largest absolute Gasteiger partial charge is 0.370 e. The summed E-state index contributed by atoms with van der Waals surface area (Å²) in [5, 5.41) is 11.5. The third-order valence-electron chi connectivity index (χ3n) is 2.52. The Bertz CT molecular complexity index is 559. The van der Waals surface area contributed by atoms with Crippen LogP contribution in [0.25, 0.3) is 0 Å². The summed E-state index contributed by atoms with van der Waals surface area (Å²) in [6.07, 6.45) is 1.69. The number of hydrogen-bond donors (Lipinski definition) is 2. The second kappa shape index (κ2) is 5.94. The van der Waals surface area contributed by atoms with Crippen LogP contribution in [0.1, 0.15) is 18.3 Å². The van der Waals surface area contributed by atoms with Gasteiger partial charge in [-0.1, -0.05) is 6.07 Å². The molecular weight excluding hydrogens is 242 g/mol. The molecular formula is C12H17N7. The Hall–Kier alpha value is -2.44. The van der Waals surface area contributed by atoms with Gasteiger partial charge >= 0.3 is 0 Å². The van der Waals surface area contributed by atoms with E-state index in [1.54, 1.807) is 11.0 Å². The second-order valence-corrected chi connectivity index (χ2v) is 3.96. The maximum atomic E-state index is 5.79. The zero-order valence-electron chi connectivity index (χ0n) is 11.0. The van der Waals surface area contributed by atoms with Crippen molar-refractivity contribution in [3.63, 3.8) is 0 Å². The van der Waals surface area contributed by atoms with E-state index in [9.17, 15) is 0 Å². The van der Waals surface area contributed by atoms with Crippen LogP contribution in [0.5, 0.6) is 0 Å². The molecule has 3 N–H and O–H groups in total. The first-order chi connectivity index (χ1) is 9.19. The van der Waals surface area contributed by atoms with Crippen molar-refractivity contribution >= 4 is 11.8 Å². The van der Waals surface area contributed by atoms with Crippen LogP contribution < -0.4 is 11.1 Å². The van der Waals surface area contributed by atoms with Crippen molar-refractivity contribution in [3.8, 4) is 0 Å². The summed E-state index contributed by atoms with van der Waals surface area (Å²) in [4.78, 5) is 9.97. The van der Waals surface area contributed by atoms with Crippen molar-refractivity contribution in [2.24, 2.45) is 10.7 Å². The van der Waals surface area contributed by atoms with Gasteiger partial charge in [-0.25, -0.2) is 9.98 Å². The van der Waals surface area contributed by atoms with Crippen molar-refractivity contribution in [1.29, 1.82) is 0 Å². The number of nitrogens with zero attached hydrogens (tertiary/aromatic N) is 5. The molecule has 0 aliphatic rings. The molecule has 2 heterocycles. The fraction of sp³-hybridized carbons (Fsp3) is 0.333. The molecule has 0 unspecified atom stereocenters. The van der Waals surface area contributed by atoms with Crippen LogP contribution in [-0.2, 0) is 13.1 Å². The molecule has 19 heavy (non-hydrogen) atoms. The third kappa shape index (κ3) is 3.51. The maximum Gasteiger partial charge on any atom is 0.194 e. The van der Waals surface area contributed by atoms with Gasteiger partial charge in [-0.2, -0.15) is 15.0 Å². The number of aliphatic imine (C=N–C) groups is 1. The summed E-state index contributed by atoms with van der Waals surface area (Å²) in [6, 6.07) is 5.53. The summed E-state index contributed by atoms with van der Waals surface area (Å²) >= 11 is 0. The van der Waals surface area contributed by atoms with Gasteiger partial charge in [-0.05, 0) is 26.0 Å². The molecule has 0 fully saturated rings. The average Bonchev–Trinajstić information content (AvgIpc) is 2.78. The van der Waals surface area contributed by atoms with Crippen LogP contribution in [-0.4, -0.2) is 25.9 Å². The average molecular weight is 259 g/mol. The number of guanidine groups is 1. The van der Waals surface area contributed by atoms with Gasteiger partial charge in [-0.3, -0.25) is 0 Å². The Morgan fingerprint density at radius 1 is 1.42 bits per heavy atom. The van der Waals surface area contributed by atoms with Crippen molar-refractivity contribution in [2.75, 3.05) is 5.32 Å². The summed E-state index contributed by atoms with van der Waals surface area (Å²) < 4.78 is 0. The van der Waals surface area contributed by atoms with Crippen molar-refractivity contribution in [3.05, 3.63) is 35.8 Å². The third-order valence-corrected chi connectivity index (χ3v) is 2.52. The lowest BCUT2D eigenvalue weighted by Crippen LogP contribution is -2.23. The maximum absolute atomic E-state index is 5.79. The van der Waals surface area contributed by atoms with E-state index in [1.165, 1.54) is 0 Å². The molecule has 0 saturated carbocycles. The first-order valence-corrected chi connectivity index (χ1v) is 6.07. The van der Waals surface area contributed by atoms with Gasteiger partial charge in [0.15, 0.2) is 5.96 Å². The zero-order valence-corrected chi connectivity index (χ0v) is 11.0. The van der Waals surface area contributed by atoms with Gasteiger partial charge in [0.25, 0.3) is 0 Å². The minimum atomic E-state index is 0.309. The zero-order chi connectivity index (χ0) is 13.7. The predicted octanol–water partition coefficient (Wildman–Crippen LogP) is 0.928. The molecule has 0 saturated heterocycles. The fourth-order valence-corrected chi connectivity index (χ4v) is 1.52. The molecule has 0 spiro atoms. The molecule has 2 rings (SSSR count). The molecule has 7 heteroatoms. The topological polar surface area (TPSA) is 94.0 Å². The Kier molecular flexibility index (Phi) is 4.07. The molecule has 0 aliphatic heterocycles. The molecule has 0 atom stereocenters. The van der Waals surface area contributed by atoms with Crippen LogP contribution in [0.3, 0.4) is 0 Å². The SMILES string of the molecule is CCn1nc(C)c(CN=C(N)Nc2ccccn2)n1. The summed E-state index contributed by atoms with van der Waals surface area (Å²) in [6.45, 7) is 5.04. The number of aromatic nitrogens is 4. The molecule has 100 valence electrons. The molecule has 0 aliphatic carbocycles. The first-order valence-electron chi connectivity index (χ1n) is 6.07. The highest BCUT2D eigenvalue weighted by Crippen LogP contribution is 2.03. The Labute approximate surface area is 111 Å². The number of nitrogens with two attached hydrogens (primary N) is 1. The Morgan fingerprint density at radius 2 is 2.26 bits per heavy atom. The van der Waals surface area contributed by atoms with Gasteiger partial charge < -0.3 is 11.1 Å². The number of hydrogen-bond acceptors (Lipinski definition) is 4. The van der Waals surface area contributed by atoms with Crippen LogP contribution in [0, 0.1) is 6.92 Å². The lowest BCUT2D eigenvalue weighted by molar-refractivity contribution is 0.561. The number of anilines is 1. The van der Waals surface area contributed by atoms with Gasteiger partial charge in [0, 0.05) is 6.20 Å². The van der Waals surface area contributed by atoms with E-state index >= 15 is 0 Å². The standard InChI is InChI=1S/C12H17N7/c1-3-19-17-9(2)10(18-19)8-15-12(13)16-11-6-4-5-7-14-11/h4-7H,3,8H2,1-2H3,(H3,13,14,15,16). The van der Waals surface area contributed by atoms with E-state index in [0.29, 0.717) is 18.3 Å². The predicted molar refractivity (Wildman–Crippen MR) is 73.6 cm³/mol. The Morgan fingerprint density at radius 3 is 2.89 bits per heavy atom. The molecule has 2 aromatic heterocycles. The molecule has 0 radical (unpaired) electrons. The van der Waals surface area contributed by atoms with Crippen molar-refractivity contribution in [1.82, 2.24) is 20.0 Å². The summed E-state index contributed by atoms with van der Waals surface area (Å²) in [5.74, 6) is 0.974. The van der Waals surface area contributed by atoms with Crippen LogP contribution in [0.4, 0.5) is 5.82 Å². The first kappa shape index (κ1) is 13.0.